The summed E-state index contributed by atoms with van der Waals surface area (Å²) in [5.74, 6) is -1.19. The van der Waals surface area contributed by atoms with Crippen molar-refractivity contribution in [3.05, 3.63) is 70.3 Å². The standard InChI is InChI=1S/C19H14N4O2/c1-23-14-5-3-2-4-12(14)17-16(19(23)24)15(11-6-8-22-9-7-11)13(10-20)18(21)25-17/h2-9,13,15,21H,1H3. The number of fused-ring (bicyclic) bond motifs is 3. The lowest BCUT2D eigenvalue weighted by molar-refractivity contribution is 0.450. The highest BCUT2D eigenvalue weighted by atomic mass is 16.5. The van der Waals surface area contributed by atoms with Crippen LogP contribution in [0.4, 0.5) is 0 Å². The predicted molar refractivity (Wildman–Crippen MR) is 92.7 cm³/mol. The van der Waals surface area contributed by atoms with Gasteiger partial charge in [-0.2, -0.15) is 5.26 Å². The van der Waals surface area contributed by atoms with E-state index < -0.39 is 11.8 Å². The average molecular weight is 330 g/mol. The number of benzene rings is 1. The zero-order chi connectivity index (χ0) is 17.6. The van der Waals surface area contributed by atoms with Crippen molar-refractivity contribution >= 4 is 16.8 Å². The summed E-state index contributed by atoms with van der Waals surface area (Å²) in [6, 6.07) is 13.1. The third-order valence-electron chi connectivity index (χ3n) is 4.63. The Balaban J connectivity index is 2.13. The Labute approximate surface area is 143 Å². The SMILES string of the molecule is Cn1c(=O)c2c(c3ccccc31)OC(=N)C(C#N)C2c1ccncc1. The minimum Gasteiger partial charge on any atom is -0.441 e. The second-order valence-corrected chi connectivity index (χ2v) is 5.96. The van der Waals surface area contributed by atoms with E-state index in [9.17, 15) is 10.1 Å². The molecule has 0 saturated carbocycles. The van der Waals surface area contributed by atoms with Crippen LogP contribution in [0.3, 0.4) is 0 Å². The van der Waals surface area contributed by atoms with Crippen molar-refractivity contribution in [2.75, 3.05) is 0 Å². The molecule has 0 amide bonds. The molecule has 0 aliphatic carbocycles. The van der Waals surface area contributed by atoms with Gasteiger partial charge in [0.15, 0.2) is 0 Å². The molecule has 2 atom stereocenters. The van der Waals surface area contributed by atoms with Crippen LogP contribution in [0.5, 0.6) is 5.75 Å². The monoisotopic (exact) mass is 330 g/mol. The van der Waals surface area contributed by atoms with Crippen molar-refractivity contribution in [2.24, 2.45) is 13.0 Å². The fourth-order valence-corrected chi connectivity index (χ4v) is 3.43. The Morgan fingerprint density at radius 3 is 2.68 bits per heavy atom. The summed E-state index contributed by atoms with van der Waals surface area (Å²) in [5, 5.41) is 18.5. The van der Waals surface area contributed by atoms with Crippen molar-refractivity contribution in [2.45, 2.75) is 5.92 Å². The molecule has 1 N–H and O–H groups in total. The van der Waals surface area contributed by atoms with Gasteiger partial charge in [0.1, 0.15) is 11.7 Å². The minimum absolute atomic E-state index is 0.143. The van der Waals surface area contributed by atoms with Crippen LogP contribution >= 0.6 is 0 Å². The maximum atomic E-state index is 13.1. The fraction of sp³-hybridized carbons (Fsp3) is 0.158. The molecular weight excluding hydrogens is 316 g/mol. The Hall–Kier alpha value is -3.46. The molecule has 2 aromatic heterocycles. The van der Waals surface area contributed by atoms with Gasteiger partial charge in [-0.25, -0.2) is 0 Å². The van der Waals surface area contributed by atoms with Gasteiger partial charge >= 0.3 is 0 Å². The number of pyridine rings is 2. The van der Waals surface area contributed by atoms with Gasteiger partial charge in [-0.3, -0.25) is 15.2 Å². The van der Waals surface area contributed by atoms with Crippen LogP contribution in [0, 0.1) is 22.7 Å². The van der Waals surface area contributed by atoms with Crippen LogP contribution in [0.25, 0.3) is 10.9 Å². The third kappa shape index (κ3) is 2.13. The molecule has 0 spiro atoms. The zero-order valence-corrected chi connectivity index (χ0v) is 13.4. The molecule has 6 heteroatoms. The molecule has 6 nitrogen and oxygen atoms in total. The van der Waals surface area contributed by atoms with E-state index >= 15 is 0 Å². The summed E-state index contributed by atoms with van der Waals surface area (Å²) in [6.07, 6.45) is 3.24. The first-order valence-corrected chi connectivity index (χ1v) is 7.81. The molecule has 1 aliphatic rings. The molecule has 3 heterocycles. The smallest absolute Gasteiger partial charge is 0.258 e. The van der Waals surface area contributed by atoms with Crippen LogP contribution in [0.2, 0.25) is 0 Å². The lowest BCUT2D eigenvalue weighted by atomic mass is 9.79. The second kappa shape index (κ2) is 5.56. The van der Waals surface area contributed by atoms with Gasteiger partial charge in [-0.15, -0.1) is 0 Å². The Morgan fingerprint density at radius 1 is 1.24 bits per heavy atom. The average Bonchev–Trinajstić information content (AvgIpc) is 2.66. The molecule has 1 aliphatic heterocycles. The van der Waals surface area contributed by atoms with Crippen LogP contribution in [0.15, 0.2) is 53.6 Å². The lowest BCUT2D eigenvalue weighted by Crippen LogP contribution is -2.37. The number of aromatic nitrogens is 2. The molecule has 3 aromatic rings. The second-order valence-electron chi connectivity index (χ2n) is 5.96. The first-order valence-electron chi connectivity index (χ1n) is 7.81. The third-order valence-corrected chi connectivity index (χ3v) is 4.63. The van der Waals surface area contributed by atoms with Crippen molar-refractivity contribution in [3.63, 3.8) is 0 Å². The molecule has 0 fully saturated rings. The molecule has 122 valence electrons. The van der Waals surface area contributed by atoms with Gasteiger partial charge in [-0.05, 0) is 29.8 Å². The molecular formula is C19H14N4O2. The van der Waals surface area contributed by atoms with Gasteiger partial charge in [0.05, 0.1) is 17.1 Å². The number of hydrogen-bond acceptors (Lipinski definition) is 5. The Bertz CT molecular complexity index is 1100. The number of hydrogen-bond donors (Lipinski definition) is 1. The summed E-state index contributed by atoms with van der Waals surface area (Å²) in [6.45, 7) is 0. The highest BCUT2D eigenvalue weighted by molar-refractivity contribution is 5.94. The van der Waals surface area contributed by atoms with Gasteiger partial charge in [-0.1, -0.05) is 12.1 Å². The fourth-order valence-electron chi connectivity index (χ4n) is 3.43. The topological polar surface area (TPSA) is 91.8 Å². The summed E-state index contributed by atoms with van der Waals surface area (Å²) in [4.78, 5) is 17.1. The van der Waals surface area contributed by atoms with E-state index in [-0.39, 0.29) is 11.5 Å². The molecule has 25 heavy (non-hydrogen) atoms. The van der Waals surface area contributed by atoms with Crippen molar-refractivity contribution < 1.29 is 4.74 Å². The zero-order valence-electron chi connectivity index (χ0n) is 13.4. The van der Waals surface area contributed by atoms with Gasteiger partial charge in [0.25, 0.3) is 5.56 Å². The largest absolute Gasteiger partial charge is 0.441 e. The maximum Gasteiger partial charge on any atom is 0.258 e. The minimum atomic E-state index is -0.858. The normalized spacial score (nSPS) is 19.1. The molecule has 0 radical (unpaired) electrons. The first-order chi connectivity index (χ1) is 12.1. The van der Waals surface area contributed by atoms with E-state index in [2.05, 4.69) is 11.1 Å². The Morgan fingerprint density at radius 2 is 1.96 bits per heavy atom. The number of nitrogens with one attached hydrogen (secondary N) is 1. The van der Waals surface area contributed by atoms with Crippen LogP contribution in [-0.4, -0.2) is 15.4 Å². The summed E-state index contributed by atoms with van der Waals surface area (Å²) < 4.78 is 7.23. The molecule has 0 saturated heterocycles. The summed E-state index contributed by atoms with van der Waals surface area (Å²) in [7, 11) is 1.70. The van der Waals surface area contributed by atoms with Crippen molar-refractivity contribution in [3.8, 4) is 11.8 Å². The predicted octanol–water partition coefficient (Wildman–Crippen LogP) is 2.57. The van der Waals surface area contributed by atoms with Gasteiger partial charge < -0.3 is 9.30 Å². The lowest BCUT2D eigenvalue weighted by Gasteiger charge is -2.30. The highest BCUT2D eigenvalue weighted by Crippen LogP contribution is 2.43. The number of nitriles is 1. The van der Waals surface area contributed by atoms with E-state index in [0.717, 1.165) is 16.5 Å². The maximum absolute atomic E-state index is 13.1. The number of nitrogens with zero attached hydrogens (tertiary/aromatic N) is 3. The summed E-state index contributed by atoms with van der Waals surface area (Å²) >= 11 is 0. The quantitative estimate of drug-likeness (QED) is 0.742. The van der Waals surface area contributed by atoms with E-state index in [0.29, 0.717) is 11.3 Å². The van der Waals surface area contributed by atoms with Gasteiger partial charge in [0, 0.05) is 30.7 Å². The van der Waals surface area contributed by atoms with E-state index in [1.807, 2.05) is 24.3 Å². The number of aryl methyl sites for hydroxylation is 1. The molecule has 4 rings (SSSR count). The van der Waals surface area contributed by atoms with Gasteiger partial charge in [0.2, 0.25) is 5.90 Å². The highest BCUT2D eigenvalue weighted by Gasteiger charge is 2.40. The van der Waals surface area contributed by atoms with E-state index in [1.165, 1.54) is 0 Å². The van der Waals surface area contributed by atoms with Crippen molar-refractivity contribution in [1.82, 2.24) is 9.55 Å². The van der Waals surface area contributed by atoms with Crippen LogP contribution < -0.4 is 10.3 Å². The van der Waals surface area contributed by atoms with E-state index in [1.54, 1.807) is 36.1 Å². The number of ether oxygens (including phenoxy) is 1. The van der Waals surface area contributed by atoms with Crippen LogP contribution in [0.1, 0.15) is 17.0 Å². The number of para-hydroxylation sites is 1. The first kappa shape index (κ1) is 15.1. The van der Waals surface area contributed by atoms with Crippen LogP contribution in [-0.2, 0) is 7.05 Å². The van der Waals surface area contributed by atoms with E-state index in [4.69, 9.17) is 10.1 Å². The molecule has 2 unspecified atom stereocenters. The molecule has 1 aromatic carbocycles. The summed E-state index contributed by atoms with van der Waals surface area (Å²) in [5.41, 5.74) is 1.68. The number of rotatable bonds is 1. The Kier molecular flexibility index (Phi) is 3.36. The molecule has 0 bridgehead atoms. The van der Waals surface area contributed by atoms with Crippen molar-refractivity contribution in [1.29, 1.82) is 10.7 Å².